The zero-order valence-electron chi connectivity index (χ0n) is 15.6. The van der Waals surface area contributed by atoms with E-state index in [2.05, 4.69) is 25.7 Å². The van der Waals surface area contributed by atoms with Crippen molar-refractivity contribution in [1.29, 1.82) is 0 Å². The molecule has 7 nitrogen and oxygen atoms in total. The first kappa shape index (κ1) is 18.8. The highest BCUT2D eigenvalue weighted by atomic mass is 35.5. The molecule has 3 heterocycles. The molecule has 2 N–H and O–H groups in total. The highest BCUT2D eigenvalue weighted by Crippen LogP contribution is 2.31. The highest BCUT2D eigenvalue weighted by Gasteiger charge is 2.15. The van der Waals surface area contributed by atoms with Gasteiger partial charge in [0.15, 0.2) is 0 Å². The van der Waals surface area contributed by atoms with Crippen molar-refractivity contribution >= 4 is 40.0 Å². The Morgan fingerprint density at radius 2 is 1.97 bits per heavy atom. The number of carbonyl (C=O) groups is 1. The van der Waals surface area contributed by atoms with Gasteiger partial charge in [0.05, 0.1) is 17.6 Å². The number of anilines is 2. The number of carbonyl (C=O) groups excluding carboxylic acids is 1. The average Bonchev–Trinajstić information content (AvgIpc) is 3.16. The van der Waals surface area contributed by atoms with Gasteiger partial charge in [-0.15, -0.1) is 0 Å². The van der Waals surface area contributed by atoms with Gasteiger partial charge in [0.25, 0.3) is 0 Å². The number of pyridine rings is 2. The molecule has 146 valence electrons. The summed E-state index contributed by atoms with van der Waals surface area (Å²) in [5, 5.41) is 10.4. The van der Waals surface area contributed by atoms with Crippen LogP contribution in [0.1, 0.15) is 5.56 Å². The predicted molar refractivity (Wildman–Crippen MR) is 110 cm³/mol. The number of aryl methyl sites for hydroxylation is 1. The molecule has 3 aromatic heterocycles. The van der Waals surface area contributed by atoms with Crippen molar-refractivity contribution in [2.45, 2.75) is 6.92 Å². The largest absolute Gasteiger partial charge is 0.353 e. The molecular weight excluding hydrogens is 395 g/mol. The average molecular weight is 411 g/mol. The van der Waals surface area contributed by atoms with E-state index in [-0.39, 0.29) is 6.03 Å². The lowest BCUT2D eigenvalue weighted by Crippen LogP contribution is -2.25. The van der Waals surface area contributed by atoms with E-state index in [1.54, 1.807) is 24.5 Å². The molecule has 0 fully saturated rings. The van der Waals surface area contributed by atoms with Crippen LogP contribution in [0.25, 0.3) is 22.3 Å². The van der Waals surface area contributed by atoms with Crippen molar-refractivity contribution in [2.24, 2.45) is 0 Å². The molecule has 0 saturated heterocycles. The number of nitrogens with zero attached hydrogens (tertiary/aromatic N) is 4. The molecule has 0 aliphatic rings. The minimum absolute atomic E-state index is 0.302. The quantitative estimate of drug-likeness (QED) is 0.518. The summed E-state index contributed by atoms with van der Waals surface area (Å²) in [6.07, 6.45) is 4.78. The Morgan fingerprint density at radius 1 is 1.14 bits per heavy atom. The third kappa shape index (κ3) is 3.50. The molecule has 0 aliphatic heterocycles. The van der Waals surface area contributed by atoms with E-state index >= 15 is 0 Å². The summed E-state index contributed by atoms with van der Waals surface area (Å²) in [7, 11) is 1.53. The molecule has 4 rings (SSSR count). The molecule has 1 aromatic carbocycles. The molecular formula is C20H16ClFN6O. The molecule has 0 bridgehead atoms. The molecule has 0 unspecified atom stereocenters. The molecule has 0 radical (unpaired) electrons. The number of aromatic nitrogens is 4. The van der Waals surface area contributed by atoms with E-state index in [1.807, 2.05) is 6.92 Å². The zero-order chi connectivity index (χ0) is 20.5. The summed E-state index contributed by atoms with van der Waals surface area (Å²) in [5.74, 6) is -0.416. The van der Waals surface area contributed by atoms with Gasteiger partial charge in [-0.25, -0.2) is 9.18 Å². The van der Waals surface area contributed by atoms with Crippen LogP contribution in [0.15, 0.2) is 48.9 Å². The summed E-state index contributed by atoms with van der Waals surface area (Å²) < 4.78 is 15.5. The fraction of sp³-hybridized carbons (Fsp3) is 0.100. The van der Waals surface area contributed by atoms with Gasteiger partial charge in [-0.1, -0.05) is 11.6 Å². The Kier molecular flexibility index (Phi) is 4.85. The number of hydrogen-bond donors (Lipinski definition) is 2. The van der Waals surface area contributed by atoms with Crippen molar-refractivity contribution in [2.75, 3.05) is 12.4 Å². The fourth-order valence-corrected chi connectivity index (χ4v) is 3.13. The van der Waals surface area contributed by atoms with Crippen LogP contribution in [-0.4, -0.2) is 32.8 Å². The molecule has 0 saturated carbocycles. The standard InChI is InChI=1S/C20H16ClFN6O/c1-11-9-25-17(13-7-12(21)3-4-14(13)22)8-16(11)27-15-5-6-24-18-10-26-28(19(15)18)20(29)23-2/h3-10H,1-2H3,(H,23,29)(H,24,25,27). The lowest BCUT2D eigenvalue weighted by atomic mass is 10.1. The van der Waals surface area contributed by atoms with Crippen molar-refractivity contribution in [3.8, 4) is 11.3 Å². The van der Waals surface area contributed by atoms with Crippen LogP contribution in [-0.2, 0) is 0 Å². The smallest absolute Gasteiger partial charge is 0.342 e. The Balaban J connectivity index is 1.80. The number of amides is 1. The maximum Gasteiger partial charge on any atom is 0.342 e. The van der Waals surface area contributed by atoms with Crippen molar-refractivity contribution in [1.82, 2.24) is 25.1 Å². The molecule has 4 aromatic rings. The third-order valence-electron chi connectivity index (χ3n) is 4.44. The van der Waals surface area contributed by atoms with Crippen LogP contribution in [0.2, 0.25) is 5.02 Å². The van der Waals surface area contributed by atoms with E-state index in [1.165, 1.54) is 36.1 Å². The minimum atomic E-state index is -0.416. The van der Waals surface area contributed by atoms with Gasteiger partial charge >= 0.3 is 6.03 Å². The lowest BCUT2D eigenvalue weighted by Gasteiger charge is -2.13. The molecule has 0 aliphatic carbocycles. The second-order valence-electron chi connectivity index (χ2n) is 6.34. The Bertz CT molecular complexity index is 1240. The van der Waals surface area contributed by atoms with E-state index < -0.39 is 5.82 Å². The van der Waals surface area contributed by atoms with E-state index in [9.17, 15) is 9.18 Å². The SMILES string of the molecule is CNC(=O)n1ncc2nccc(Nc3cc(-c4cc(Cl)ccc4F)ncc3C)c21. The van der Waals surface area contributed by atoms with Crippen LogP contribution < -0.4 is 10.6 Å². The number of benzene rings is 1. The number of hydrogen-bond acceptors (Lipinski definition) is 5. The normalized spacial score (nSPS) is 10.9. The second-order valence-corrected chi connectivity index (χ2v) is 6.77. The van der Waals surface area contributed by atoms with Crippen LogP contribution in [0.5, 0.6) is 0 Å². The van der Waals surface area contributed by atoms with E-state index in [4.69, 9.17) is 11.6 Å². The zero-order valence-corrected chi connectivity index (χ0v) is 16.3. The van der Waals surface area contributed by atoms with Gasteiger partial charge in [0.2, 0.25) is 0 Å². The second kappa shape index (κ2) is 7.48. The molecule has 9 heteroatoms. The first-order chi connectivity index (χ1) is 14.0. The number of fused-ring (bicyclic) bond motifs is 1. The third-order valence-corrected chi connectivity index (χ3v) is 4.68. The fourth-order valence-electron chi connectivity index (χ4n) is 2.96. The van der Waals surface area contributed by atoms with Gasteiger partial charge in [0, 0.05) is 35.7 Å². The maximum absolute atomic E-state index is 14.3. The van der Waals surface area contributed by atoms with Gasteiger partial charge < -0.3 is 10.6 Å². The van der Waals surface area contributed by atoms with Gasteiger partial charge in [0.1, 0.15) is 16.9 Å². The topological polar surface area (TPSA) is 84.7 Å². The Labute approximate surface area is 170 Å². The number of nitrogens with one attached hydrogen (secondary N) is 2. The maximum atomic E-state index is 14.3. The van der Waals surface area contributed by atoms with Gasteiger partial charge in [-0.05, 0) is 42.8 Å². The minimum Gasteiger partial charge on any atom is -0.353 e. The Hall–Kier alpha value is -3.52. The number of halogens is 2. The molecule has 0 atom stereocenters. The van der Waals surface area contributed by atoms with Gasteiger partial charge in [-0.2, -0.15) is 9.78 Å². The van der Waals surface area contributed by atoms with Crippen LogP contribution in [0, 0.1) is 12.7 Å². The first-order valence-electron chi connectivity index (χ1n) is 8.72. The first-order valence-corrected chi connectivity index (χ1v) is 9.09. The molecule has 0 spiro atoms. The number of rotatable bonds is 3. The van der Waals surface area contributed by atoms with Gasteiger partial charge in [-0.3, -0.25) is 9.97 Å². The van der Waals surface area contributed by atoms with Crippen LogP contribution in [0.3, 0.4) is 0 Å². The van der Waals surface area contributed by atoms with Crippen molar-refractivity contribution in [3.05, 3.63) is 65.3 Å². The summed E-state index contributed by atoms with van der Waals surface area (Å²) in [6, 6.07) is 7.41. The summed E-state index contributed by atoms with van der Waals surface area (Å²) in [4.78, 5) is 20.7. The summed E-state index contributed by atoms with van der Waals surface area (Å²) in [6.45, 7) is 1.88. The predicted octanol–water partition coefficient (Wildman–Crippen LogP) is 4.53. The van der Waals surface area contributed by atoms with E-state index in [0.29, 0.717) is 38.7 Å². The van der Waals surface area contributed by atoms with E-state index in [0.717, 1.165) is 5.56 Å². The van der Waals surface area contributed by atoms with Crippen molar-refractivity contribution in [3.63, 3.8) is 0 Å². The Morgan fingerprint density at radius 3 is 2.76 bits per heavy atom. The summed E-state index contributed by atoms with van der Waals surface area (Å²) in [5.41, 5.74) is 3.99. The summed E-state index contributed by atoms with van der Waals surface area (Å²) >= 11 is 6.02. The van der Waals surface area contributed by atoms with Crippen LogP contribution in [0.4, 0.5) is 20.6 Å². The monoisotopic (exact) mass is 410 g/mol. The molecule has 29 heavy (non-hydrogen) atoms. The van der Waals surface area contributed by atoms with Crippen molar-refractivity contribution < 1.29 is 9.18 Å². The highest BCUT2D eigenvalue weighted by molar-refractivity contribution is 6.30. The lowest BCUT2D eigenvalue weighted by molar-refractivity contribution is 0.242. The molecule has 1 amide bonds. The van der Waals surface area contributed by atoms with Crippen LogP contribution >= 0.6 is 11.6 Å².